The van der Waals surface area contributed by atoms with E-state index in [2.05, 4.69) is 16.0 Å². The first-order chi connectivity index (χ1) is 12.8. The molecule has 0 atom stereocenters. The maximum absolute atomic E-state index is 11.7. The molecule has 0 aromatic rings. The number of hydrogen-bond donors (Lipinski definition) is 3. The zero-order chi connectivity index (χ0) is 20.2. The Labute approximate surface area is 157 Å². The number of carbonyl (C=O) groups excluding carboxylic acids is 6. The predicted molar refractivity (Wildman–Crippen MR) is 96.9 cm³/mol. The van der Waals surface area contributed by atoms with Crippen LogP contribution in [0.5, 0.6) is 0 Å². The summed E-state index contributed by atoms with van der Waals surface area (Å²) in [5.74, 6) is -1.95. The lowest BCUT2D eigenvalue weighted by Gasteiger charge is -2.13. The highest BCUT2D eigenvalue weighted by molar-refractivity contribution is 6.58. The number of rotatable bonds is 12. The van der Waals surface area contributed by atoms with E-state index in [1.54, 1.807) is 0 Å². The minimum atomic E-state index is -0.514. The molecular weight excluding hydrogens is 355 g/mol. The maximum atomic E-state index is 11.7. The van der Waals surface area contributed by atoms with Gasteiger partial charge in [0.25, 0.3) is 11.8 Å². The number of hydrogen-bond acceptors (Lipinski definition) is 6. The number of amides is 5. The van der Waals surface area contributed by atoms with Crippen molar-refractivity contribution in [3.05, 3.63) is 12.2 Å². The molecule has 1 heterocycles. The predicted octanol–water partition coefficient (Wildman–Crippen LogP) is -3.02. The fourth-order valence-electron chi connectivity index (χ4n) is 2.18. The Hall–Kier alpha value is -2.98. The molecule has 0 aromatic heterocycles. The Morgan fingerprint density at radius 1 is 0.778 bits per heavy atom. The van der Waals surface area contributed by atoms with Gasteiger partial charge in [0.15, 0.2) is 7.85 Å². The highest BCUT2D eigenvalue weighted by Crippen LogP contribution is 2.07. The normalized spacial score (nSPS) is 12.8. The van der Waals surface area contributed by atoms with Crippen LogP contribution in [0, 0.1) is 0 Å². The average Bonchev–Trinajstić information content (AvgIpc) is 2.94. The minimum Gasteiger partial charge on any atom is -0.348 e. The number of nitrogens with zero attached hydrogens (tertiary/aromatic N) is 1. The van der Waals surface area contributed by atoms with Crippen LogP contribution in [0.15, 0.2) is 12.2 Å². The van der Waals surface area contributed by atoms with Crippen LogP contribution < -0.4 is 16.0 Å². The minimum absolute atomic E-state index is 0.0952. The van der Waals surface area contributed by atoms with E-state index in [0.29, 0.717) is 25.8 Å². The van der Waals surface area contributed by atoms with Crippen LogP contribution in [0.4, 0.5) is 0 Å². The zero-order valence-electron chi connectivity index (χ0n) is 15.2. The smallest absolute Gasteiger partial charge is 0.253 e. The Morgan fingerprint density at radius 2 is 1.30 bits per heavy atom. The first kappa shape index (κ1) is 22.1. The van der Waals surface area contributed by atoms with Crippen molar-refractivity contribution >= 4 is 43.1 Å². The maximum Gasteiger partial charge on any atom is 0.253 e. The molecule has 27 heavy (non-hydrogen) atoms. The topological polar surface area (TPSA) is 142 Å². The van der Waals surface area contributed by atoms with Crippen molar-refractivity contribution in [2.24, 2.45) is 0 Å². The van der Waals surface area contributed by atoms with Crippen LogP contribution in [0.3, 0.4) is 0 Å². The molecule has 10 nitrogen and oxygen atoms in total. The second-order valence-electron chi connectivity index (χ2n) is 6.00. The third kappa shape index (κ3) is 9.33. The Kier molecular flexibility index (Phi) is 9.48. The van der Waals surface area contributed by atoms with Crippen molar-refractivity contribution in [3.8, 4) is 0 Å². The molecule has 1 rings (SSSR count). The zero-order valence-corrected chi connectivity index (χ0v) is 15.2. The molecule has 1 aliphatic rings. The number of unbranched alkanes of at least 4 members (excludes halogenated alkanes) is 2. The molecule has 1 aliphatic heterocycles. The monoisotopic (exact) mass is 378 g/mol. The third-order valence-corrected chi connectivity index (χ3v) is 3.61. The quantitative estimate of drug-likeness (QED) is 0.188. The lowest BCUT2D eigenvalue weighted by molar-refractivity contribution is -0.137. The lowest BCUT2D eigenvalue weighted by Crippen LogP contribution is -2.42. The average molecular weight is 378 g/mol. The molecule has 0 saturated carbocycles. The summed E-state index contributed by atoms with van der Waals surface area (Å²) in [6.07, 6.45) is 4.49. The fraction of sp³-hybridized carbons (Fsp3) is 0.500. The van der Waals surface area contributed by atoms with Gasteiger partial charge in [-0.25, -0.2) is 0 Å². The first-order valence-corrected chi connectivity index (χ1v) is 8.62. The molecule has 0 aromatic carbocycles. The lowest BCUT2D eigenvalue weighted by atomic mass is 10.0. The van der Waals surface area contributed by atoms with Gasteiger partial charge < -0.3 is 20.7 Å². The molecule has 0 fully saturated rings. The summed E-state index contributed by atoms with van der Waals surface area (Å²) in [7, 11) is 1.33. The third-order valence-electron chi connectivity index (χ3n) is 3.61. The van der Waals surface area contributed by atoms with Crippen LogP contribution in [-0.4, -0.2) is 74.1 Å². The molecule has 0 saturated heterocycles. The molecule has 0 radical (unpaired) electrons. The van der Waals surface area contributed by atoms with Crippen LogP contribution in [0.25, 0.3) is 0 Å². The van der Waals surface area contributed by atoms with E-state index in [4.69, 9.17) is 0 Å². The molecule has 0 bridgehead atoms. The summed E-state index contributed by atoms with van der Waals surface area (Å²) in [5, 5.41) is 7.09. The summed E-state index contributed by atoms with van der Waals surface area (Å²) in [5.41, 5.74) is -0.197. The van der Waals surface area contributed by atoms with Crippen LogP contribution in [0.2, 0.25) is 0 Å². The van der Waals surface area contributed by atoms with Crippen molar-refractivity contribution in [3.63, 3.8) is 0 Å². The first-order valence-electron chi connectivity index (χ1n) is 8.62. The number of nitrogens with one attached hydrogen (secondary N) is 3. The SMILES string of the molecule is BC(=O)CNC(=O)CNC(=O)CNC(=O)CCCCCN1C(=O)C=CC1=O. The van der Waals surface area contributed by atoms with Crippen molar-refractivity contribution in [2.45, 2.75) is 25.7 Å². The second kappa shape index (κ2) is 11.6. The van der Waals surface area contributed by atoms with E-state index >= 15 is 0 Å². The van der Waals surface area contributed by atoms with Gasteiger partial charge in [0.05, 0.1) is 19.6 Å². The van der Waals surface area contributed by atoms with E-state index in [9.17, 15) is 28.8 Å². The summed E-state index contributed by atoms with van der Waals surface area (Å²) in [4.78, 5) is 69.0. The standard InChI is InChI=1S/C16H23BN4O6/c17-11(22)8-18-13(24)10-20-14(25)9-19-12(23)4-2-1-3-7-21-15(26)5-6-16(21)27/h5-6H,1-4,7-10,17H2,(H,18,24)(H,19,23)(H,20,25). The summed E-state index contributed by atoms with van der Waals surface area (Å²) in [6, 6.07) is 0. The molecule has 11 heteroatoms. The van der Waals surface area contributed by atoms with Crippen LogP contribution >= 0.6 is 0 Å². The van der Waals surface area contributed by atoms with Gasteiger partial charge in [-0.2, -0.15) is 0 Å². The van der Waals surface area contributed by atoms with Gasteiger partial charge in [-0.3, -0.25) is 28.9 Å². The molecule has 0 spiro atoms. The van der Waals surface area contributed by atoms with Crippen molar-refractivity contribution in [2.75, 3.05) is 26.2 Å². The van der Waals surface area contributed by atoms with Gasteiger partial charge in [-0.15, -0.1) is 0 Å². The largest absolute Gasteiger partial charge is 0.348 e. The Balaban J connectivity index is 2.04. The Morgan fingerprint density at radius 3 is 1.85 bits per heavy atom. The molecule has 0 unspecified atom stereocenters. The van der Waals surface area contributed by atoms with Gasteiger partial charge in [-0.05, 0) is 12.8 Å². The van der Waals surface area contributed by atoms with Gasteiger partial charge >= 0.3 is 0 Å². The van der Waals surface area contributed by atoms with E-state index < -0.39 is 11.8 Å². The van der Waals surface area contributed by atoms with Gasteiger partial charge in [0.1, 0.15) is 5.68 Å². The van der Waals surface area contributed by atoms with Crippen LogP contribution in [0.1, 0.15) is 25.7 Å². The highest BCUT2D eigenvalue weighted by Gasteiger charge is 2.22. The molecule has 5 amide bonds. The van der Waals surface area contributed by atoms with Crippen molar-refractivity contribution < 1.29 is 28.8 Å². The van der Waals surface area contributed by atoms with E-state index in [1.807, 2.05) is 0 Å². The van der Waals surface area contributed by atoms with Crippen molar-refractivity contribution in [1.82, 2.24) is 20.9 Å². The summed E-state index contributed by atoms with van der Waals surface area (Å²) in [6.45, 7) is -0.297. The Bertz CT molecular complexity index is 631. The van der Waals surface area contributed by atoms with E-state index in [-0.39, 0.29) is 49.5 Å². The van der Waals surface area contributed by atoms with Gasteiger partial charge in [0.2, 0.25) is 17.7 Å². The number of carbonyl (C=O) groups is 6. The second-order valence-corrected chi connectivity index (χ2v) is 6.00. The van der Waals surface area contributed by atoms with E-state index in [0.717, 1.165) is 4.90 Å². The number of imide groups is 1. The summed E-state index contributed by atoms with van der Waals surface area (Å²) >= 11 is 0. The van der Waals surface area contributed by atoms with Crippen molar-refractivity contribution in [1.29, 1.82) is 0 Å². The van der Waals surface area contributed by atoms with Gasteiger partial charge in [-0.1, -0.05) is 6.42 Å². The molecular formula is C16H23BN4O6. The van der Waals surface area contributed by atoms with Crippen LogP contribution in [-0.2, 0) is 28.8 Å². The molecule has 0 aliphatic carbocycles. The molecule has 3 N–H and O–H groups in total. The van der Waals surface area contributed by atoms with E-state index in [1.165, 1.54) is 20.0 Å². The summed E-state index contributed by atoms with van der Waals surface area (Å²) < 4.78 is 0. The fourth-order valence-corrected chi connectivity index (χ4v) is 2.18. The van der Waals surface area contributed by atoms with Gasteiger partial charge in [0, 0.05) is 25.1 Å². The highest BCUT2D eigenvalue weighted by atomic mass is 16.2. The molecule has 146 valence electrons.